The smallest absolute Gasteiger partial charge is 0.271 e. The normalized spacial score (nSPS) is 10.7. The molecule has 0 radical (unpaired) electrons. The Morgan fingerprint density at radius 2 is 1.63 bits per heavy atom. The maximum absolute atomic E-state index is 13.7. The second-order valence-electron chi connectivity index (χ2n) is 8.57. The number of carbonyl (C=O) groups is 2. The average Bonchev–Trinajstić information content (AvgIpc) is 2.98. The molecule has 0 saturated heterocycles. The molecule has 0 fully saturated rings. The predicted octanol–water partition coefficient (Wildman–Crippen LogP) is 6.24. The summed E-state index contributed by atoms with van der Waals surface area (Å²) in [6, 6.07) is 25.2. The zero-order chi connectivity index (χ0) is 29.0. The fourth-order valence-electron chi connectivity index (χ4n) is 3.61. The van der Waals surface area contributed by atoms with Gasteiger partial charge in [-0.05, 0) is 66.6 Å². The second-order valence-corrected chi connectivity index (χ2v) is 8.98. The fourth-order valence-corrected chi connectivity index (χ4v) is 3.85. The van der Waals surface area contributed by atoms with Crippen LogP contribution in [0.25, 0.3) is 0 Å². The van der Waals surface area contributed by atoms with Crippen molar-refractivity contribution >= 4 is 35.3 Å². The van der Waals surface area contributed by atoms with Crippen LogP contribution in [0, 0.1) is 5.82 Å². The summed E-state index contributed by atoms with van der Waals surface area (Å²) in [7, 11) is 0. The van der Waals surface area contributed by atoms with E-state index < -0.39 is 17.6 Å². The molecule has 0 bridgehead atoms. The van der Waals surface area contributed by atoms with Gasteiger partial charge in [0.25, 0.3) is 11.8 Å². The Hall–Kier alpha value is -4.89. The van der Waals surface area contributed by atoms with Gasteiger partial charge in [-0.25, -0.2) is 9.82 Å². The molecule has 210 valence electrons. The number of halogens is 2. The first kappa shape index (κ1) is 29.1. The lowest BCUT2D eigenvalue weighted by atomic mass is 10.2. The molecule has 0 aliphatic rings. The van der Waals surface area contributed by atoms with Gasteiger partial charge in [-0.15, -0.1) is 0 Å². The van der Waals surface area contributed by atoms with Crippen molar-refractivity contribution in [3.63, 3.8) is 0 Å². The van der Waals surface area contributed by atoms with Crippen LogP contribution in [-0.2, 0) is 11.4 Å². The molecule has 0 heterocycles. The Morgan fingerprint density at radius 3 is 2.39 bits per heavy atom. The first-order valence-electron chi connectivity index (χ1n) is 12.7. The minimum absolute atomic E-state index is 0.0576. The van der Waals surface area contributed by atoms with Gasteiger partial charge < -0.3 is 19.5 Å². The van der Waals surface area contributed by atoms with Crippen molar-refractivity contribution in [2.24, 2.45) is 5.10 Å². The van der Waals surface area contributed by atoms with Crippen molar-refractivity contribution < 1.29 is 28.2 Å². The molecule has 4 rings (SSSR count). The average molecular weight is 576 g/mol. The molecule has 0 aromatic heterocycles. The zero-order valence-corrected chi connectivity index (χ0v) is 22.9. The maximum atomic E-state index is 13.7. The van der Waals surface area contributed by atoms with Crippen LogP contribution < -0.4 is 25.0 Å². The molecule has 0 aliphatic carbocycles. The van der Waals surface area contributed by atoms with Crippen LogP contribution in [0.5, 0.6) is 17.2 Å². The Morgan fingerprint density at radius 1 is 0.878 bits per heavy atom. The van der Waals surface area contributed by atoms with E-state index in [2.05, 4.69) is 15.8 Å². The van der Waals surface area contributed by atoms with E-state index in [0.29, 0.717) is 35.8 Å². The summed E-state index contributed by atoms with van der Waals surface area (Å²) < 4.78 is 30.7. The van der Waals surface area contributed by atoms with Gasteiger partial charge >= 0.3 is 0 Å². The van der Waals surface area contributed by atoms with Gasteiger partial charge in [-0.2, -0.15) is 5.10 Å². The number of rotatable bonds is 12. The van der Waals surface area contributed by atoms with Crippen molar-refractivity contribution in [3.05, 3.63) is 119 Å². The number of hydrogen-bond acceptors (Lipinski definition) is 6. The summed E-state index contributed by atoms with van der Waals surface area (Å²) in [6.45, 7) is 2.25. The first-order valence-corrected chi connectivity index (χ1v) is 13.0. The van der Waals surface area contributed by atoms with Gasteiger partial charge in [0.2, 0.25) is 0 Å². The summed E-state index contributed by atoms with van der Waals surface area (Å²) in [4.78, 5) is 24.8. The topological polar surface area (TPSA) is 98.3 Å². The van der Waals surface area contributed by atoms with E-state index in [-0.39, 0.29) is 23.1 Å². The van der Waals surface area contributed by atoms with Crippen molar-refractivity contribution in [2.75, 3.05) is 18.5 Å². The number of hydrazone groups is 1. The summed E-state index contributed by atoms with van der Waals surface area (Å²) in [5, 5.41) is 6.66. The molecule has 0 unspecified atom stereocenters. The SMILES string of the molecule is CCOc1cc(C(=O)N/N=C/c2ccc(OCC(=O)Nc3ccccc3F)c(Cl)c2)ccc1OCc1ccccc1. The van der Waals surface area contributed by atoms with Crippen LogP contribution in [0.15, 0.2) is 96.1 Å². The number of benzene rings is 4. The van der Waals surface area contributed by atoms with E-state index >= 15 is 0 Å². The summed E-state index contributed by atoms with van der Waals surface area (Å²) in [6.07, 6.45) is 1.42. The number of amides is 2. The Balaban J connectivity index is 1.31. The quantitative estimate of drug-likeness (QED) is 0.154. The van der Waals surface area contributed by atoms with Crippen molar-refractivity contribution in [1.82, 2.24) is 5.43 Å². The molecule has 0 saturated carbocycles. The Labute approximate surface area is 241 Å². The van der Waals surface area contributed by atoms with Crippen LogP contribution in [-0.4, -0.2) is 31.2 Å². The second kappa shape index (κ2) is 14.5. The largest absolute Gasteiger partial charge is 0.490 e. The molecule has 2 amide bonds. The number of anilines is 1. The third kappa shape index (κ3) is 8.55. The lowest BCUT2D eigenvalue weighted by Crippen LogP contribution is -2.20. The van der Waals surface area contributed by atoms with Crippen LogP contribution >= 0.6 is 11.6 Å². The van der Waals surface area contributed by atoms with E-state index in [1.54, 1.807) is 42.5 Å². The van der Waals surface area contributed by atoms with Crippen LogP contribution in [0.2, 0.25) is 5.02 Å². The number of hydrogen-bond donors (Lipinski definition) is 2. The van der Waals surface area contributed by atoms with Gasteiger partial charge in [0, 0.05) is 5.56 Å². The molecule has 0 spiro atoms. The van der Waals surface area contributed by atoms with E-state index in [4.69, 9.17) is 25.8 Å². The van der Waals surface area contributed by atoms with E-state index in [9.17, 15) is 14.0 Å². The molecule has 4 aromatic carbocycles. The van der Waals surface area contributed by atoms with Crippen LogP contribution in [0.1, 0.15) is 28.4 Å². The summed E-state index contributed by atoms with van der Waals surface area (Å²) in [5.41, 5.74) is 4.46. The Bertz CT molecular complexity index is 1530. The van der Waals surface area contributed by atoms with E-state index in [0.717, 1.165) is 5.56 Å². The minimum Gasteiger partial charge on any atom is -0.490 e. The summed E-state index contributed by atoms with van der Waals surface area (Å²) in [5.74, 6) is -0.294. The molecular formula is C31H27ClFN3O5. The monoisotopic (exact) mass is 575 g/mol. The first-order chi connectivity index (χ1) is 19.9. The number of carbonyl (C=O) groups excluding carboxylic acids is 2. The van der Waals surface area contributed by atoms with Crippen molar-refractivity contribution in [3.8, 4) is 17.2 Å². The minimum atomic E-state index is -0.547. The predicted molar refractivity (Wildman–Crippen MR) is 155 cm³/mol. The molecule has 2 N–H and O–H groups in total. The zero-order valence-electron chi connectivity index (χ0n) is 22.1. The molecule has 0 atom stereocenters. The van der Waals surface area contributed by atoms with Gasteiger partial charge in [-0.3, -0.25) is 9.59 Å². The third-order valence-electron chi connectivity index (χ3n) is 5.59. The van der Waals surface area contributed by atoms with Gasteiger partial charge in [0.15, 0.2) is 18.1 Å². The van der Waals surface area contributed by atoms with Gasteiger partial charge in [0.1, 0.15) is 18.2 Å². The van der Waals surface area contributed by atoms with Gasteiger partial charge in [0.05, 0.1) is 23.5 Å². The highest BCUT2D eigenvalue weighted by atomic mass is 35.5. The number of nitrogens with one attached hydrogen (secondary N) is 2. The number of ether oxygens (including phenoxy) is 3. The van der Waals surface area contributed by atoms with Crippen molar-refractivity contribution in [2.45, 2.75) is 13.5 Å². The molecular weight excluding hydrogens is 549 g/mol. The fraction of sp³-hybridized carbons (Fsp3) is 0.129. The van der Waals surface area contributed by atoms with Crippen LogP contribution in [0.4, 0.5) is 10.1 Å². The molecule has 8 nitrogen and oxygen atoms in total. The maximum Gasteiger partial charge on any atom is 0.271 e. The van der Waals surface area contributed by atoms with Crippen LogP contribution in [0.3, 0.4) is 0 Å². The molecule has 0 aliphatic heterocycles. The third-order valence-corrected chi connectivity index (χ3v) is 5.88. The standard InChI is InChI=1S/C31H27ClFN3O5/c1-2-39-29-17-23(13-15-28(29)40-19-21-8-4-3-5-9-21)31(38)36-34-18-22-12-14-27(24(32)16-22)41-20-30(37)35-26-11-7-6-10-25(26)33/h3-18H,2,19-20H2,1H3,(H,35,37)(H,36,38)/b34-18+. The number of para-hydroxylation sites is 1. The van der Waals surface area contributed by atoms with E-state index in [1.807, 2.05) is 37.3 Å². The molecule has 41 heavy (non-hydrogen) atoms. The lowest BCUT2D eigenvalue weighted by molar-refractivity contribution is -0.118. The van der Waals surface area contributed by atoms with Crippen molar-refractivity contribution in [1.29, 1.82) is 0 Å². The highest BCUT2D eigenvalue weighted by Crippen LogP contribution is 2.29. The molecule has 10 heteroatoms. The van der Waals surface area contributed by atoms with Gasteiger partial charge in [-0.1, -0.05) is 54.1 Å². The number of nitrogens with zero attached hydrogens (tertiary/aromatic N) is 1. The highest BCUT2D eigenvalue weighted by Gasteiger charge is 2.12. The summed E-state index contributed by atoms with van der Waals surface area (Å²) >= 11 is 6.27. The molecule has 4 aromatic rings. The highest BCUT2D eigenvalue weighted by molar-refractivity contribution is 6.32. The Kier molecular flexibility index (Phi) is 10.3. The lowest BCUT2D eigenvalue weighted by Gasteiger charge is -2.13. The van der Waals surface area contributed by atoms with E-state index in [1.165, 1.54) is 24.4 Å².